The first-order valence-electron chi connectivity index (χ1n) is 7.13. The molecule has 1 aliphatic heterocycles. The molecule has 1 N–H and O–H groups in total. The van der Waals surface area contributed by atoms with Crippen LogP contribution >= 0.6 is 11.8 Å². The molecule has 2 unspecified atom stereocenters. The standard InChI is InChI=1S/C14H27NS/c1-11-9-14(10-16-11)15-12(2)13-7-5-3-4-6-8-13/h11-15H,3-10H2,1-2H3/t11?,12-,14?/m1/s1. The minimum absolute atomic E-state index is 0.744. The molecule has 1 saturated heterocycles. The molecule has 2 fully saturated rings. The lowest BCUT2D eigenvalue weighted by atomic mass is 9.92. The minimum atomic E-state index is 0.744. The fraction of sp³-hybridized carbons (Fsp3) is 1.00. The van der Waals surface area contributed by atoms with E-state index in [0.717, 1.165) is 23.3 Å². The maximum atomic E-state index is 3.89. The Labute approximate surface area is 105 Å². The molecule has 1 heterocycles. The lowest BCUT2D eigenvalue weighted by Crippen LogP contribution is -2.41. The Morgan fingerprint density at radius 3 is 2.38 bits per heavy atom. The van der Waals surface area contributed by atoms with Gasteiger partial charge < -0.3 is 5.32 Å². The van der Waals surface area contributed by atoms with Gasteiger partial charge in [-0.15, -0.1) is 0 Å². The van der Waals surface area contributed by atoms with E-state index in [1.807, 2.05) is 0 Å². The quantitative estimate of drug-likeness (QED) is 0.754. The third-order valence-corrected chi connectivity index (χ3v) is 5.66. The smallest absolute Gasteiger partial charge is 0.0171 e. The van der Waals surface area contributed by atoms with Gasteiger partial charge in [0.05, 0.1) is 0 Å². The lowest BCUT2D eigenvalue weighted by Gasteiger charge is -2.26. The fourth-order valence-corrected chi connectivity index (χ4v) is 4.41. The molecule has 16 heavy (non-hydrogen) atoms. The van der Waals surface area contributed by atoms with E-state index in [0.29, 0.717) is 0 Å². The van der Waals surface area contributed by atoms with Crippen molar-refractivity contribution in [2.45, 2.75) is 76.1 Å². The van der Waals surface area contributed by atoms with Gasteiger partial charge in [0.25, 0.3) is 0 Å². The summed E-state index contributed by atoms with van der Waals surface area (Å²) in [5.74, 6) is 2.28. The second-order valence-corrected chi connectivity index (χ2v) is 7.25. The van der Waals surface area contributed by atoms with Gasteiger partial charge in [-0.2, -0.15) is 11.8 Å². The summed E-state index contributed by atoms with van der Waals surface area (Å²) in [6.45, 7) is 4.78. The summed E-state index contributed by atoms with van der Waals surface area (Å²) < 4.78 is 0. The maximum Gasteiger partial charge on any atom is 0.0171 e. The zero-order valence-corrected chi connectivity index (χ0v) is 11.7. The average Bonchev–Trinajstić information content (AvgIpc) is 2.56. The Bertz CT molecular complexity index is 199. The molecular formula is C14H27NS. The molecule has 1 aliphatic carbocycles. The first-order chi connectivity index (χ1) is 7.75. The van der Waals surface area contributed by atoms with Gasteiger partial charge in [0, 0.05) is 23.1 Å². The van der Waals surface area contributed by atoms with E-state index >= 15 is 0 Å². The Morgan fingerprint density at radius 1 is 1.12 bits per heavy atom. The monoisotopic (exact) mass is 241 g/mol. The van der Waals surface area contributed by atoms with Crippen LogP contribution in [0.1, 0.15) is 58.8 Å². The molecule has 0 aromatic heterocycles. The summed E-state index contributed by atoms with van der Waals surface area (Å²) in [6.07, 6.45) is 10.2. The van der Waals surface area contributed by atoms with Gasteiger partial charge in [0.15, 0.2) is 0 Å². The summed E-state index contributed by atoms with van der Waals surface area (Å²) >= 11 is 2.14. The SMILES string of the molecule is CC1CC(N[C@H](C)C2CCCCCC2)CS1. The zero-order valence-electron chi connectivity index (χ0n) is 10.9. The second kappa shape index (κ2) is 6.30. The van der Waals surface area contributed by atoms with Crippen molar-refractivity contribution in [3.63, 3.8) is 0 Å². The first kappa shape index (κ1) is 12.8. The summed E-state index contributed by atoms with van der Waals surface area (Å²) in [7, 11) is 0. The predicted octanol–water partition coefficient (Wildman–Crippen LogP) is 3.83. The van der Waals surface area contributed by atoms with Crippen molar-refractivity contribution in [3.8, 4) is 0 Å². The Morgan fingerprint density at radius 2 is 1.81 bits per heavy atom. The third-order valence-electron chi connectivity index (χ3n) is 4.30. The summed E-state index contributed by atoms with van der Waals surface area (Å²) in [6, 6.07) is 1.53. The largest absolute Gasteiger partial charge is 0.310 e. The van der Waals surface area contributed by atoms with E-state index in [4.69, 9.17) is 0 Å². The van der Waals surface area contributed by atoms with Crippen LogP contribution in [0.5, 0.6) is 0 Å². The highest BCUT2D eigenvalue weighted by Crippen LogP contribution is 2.29. The first-order valence-corrected chi connectivity index (χ1v) is 8.18. The van der Waals surface area contributed by atoms with E-state index in [-0.39, 0.29) is 0 Å². The number of hydrogen-bond donors (Lipinski definition) is 1. The van der Waals surface area contributed by atoms with Crippen molar-refractivity contribution in [1.29, 1.82) is 0 Å². The molecule has 94 valence electrons. The van der Waals surface area contributed by atoms with Gasteiger partial charge in [-0.25, -0.2) is 0 Å². The van der Waals surface area contributed by atoms with Crippen LogP contribution in [0.2, 0.25) is 0 Å². The average molecular weight is 241 g/mol. The number of hydrogen-bond acceptors (Lipinski definition) is 2. The number of nitrogens with one attached hydrogen (secondary N) is 1. The zero-order chi connectivity index (χ0) is 11.4. The Hall–Kier alpha value is 0.310. The molecule has 3 atom stereocenters. The lowest BCUT2D eigenvalue weighted by molar-refractivity contribution is 0.314. The molecule has 0 spiro atoms. The van der Waals surface area contributed by atoms with Gasteiger partial charge in [-0.3, -0.25) is 0 Å². The fourth-order valence-electron chi connectivity index (χ4n) is 3.25. The van der Waals surface area contributed by atoms with Crippen LogP contribution in [0.15, 0.2) is 0 Å². The van der Waals surface area contributed by atoms with E-state index in [9.17, 15) is 0 Å². The van der Waals surface area contributed by atoms with Gasteiger partial charge in [0.1, 0.15) is 0 Å². The molecule has 2 rings (SSSR count). The Kier molecular flexibility index (Phi) is 5.02. The van der Waals surface area contributed by atoms with E-state index in [1.54, 1.807) is 0 Å². The molecule has 0 aromatic rings. The van der Waals surface area contributed by atoms with Crippen molar-refractivity contribution in [1.82, 2.24) is 5.32 Å². The van der Waals surface area contributed by atoms with Gasteiger partial charge in [0.2, 0.25) is 0 Å². The molecule has 0 radical (unpaired) electrons. The topological polar surface area (TPSA) is 12.0 Å². The highest BCUT2D eigenvalue weighted by molar-refractivity contribution is 8.00. The molecular weight excluding hydrogens is 214 g/mol. The molecule has 0 amide bonds. The number of thioether (sulfide) groups is 1. The predicted molar refractivity (Wildman–Crippen MR) is 74.1 cm³/mol. The normalized spacial score (nSPS) is 34.9. The van der Waals surface area contributed by atoms with Gasteiger partial charge in [-0.05, 0) is 32.1 Å². The summed E-state index contributed by atoms with van der Waals surface area (Å²) in [5.41, 5.74) is 0. The summed E-state index contributed by atoms with van der Waals surface area (Å²) in [5, 5.41) is 4.76. The van der Waals surface area contributed by atoms with Gasteiger partial charge >= 0.3 is 0 Å². The van der Waals surface area contributed by atoms with E-state index in [1.165, 1.54) is 50.7 Å². The molecule has 2 aliphatic rings. The van der Waals surface area contributed by atoms with Gasteiger partial charge in [-0.1, -0.05) is 32.6 Å². The third kappa shape index (κ3) is 3.66. The van der Waals surface area contributed by atoms with Crippen molar-refractivity contribution in [2.75, 3.05) is 5.75 Å². The van der Waals surface area contributed by atoms with E-state index in [2.05, 4.69) is 30.9 Å². The molecule has 2 heteroatoms. The van der Waals surface area contributed by atoms with Crippen LogP contribution in [0.4, 0.5) is 0 Å². The van der Waals surface area contributed by atoms with Crippen molar-refractivity contribution < 1.29 is 0 Å². The van der Waals surface area contributed by atoms with Crippen LogP contribution in [-0.4, -0.2) is 23.1 Å². The molecule has 0 bridgehead atoms. The van der Waals surface area contributed by atoms with Crippen molar-refractivity contribution >= 4 is 11.8 Å². The van der Waals surface area contributed by atoms with Crippen LogP contribution in [0.25, 0.3) is 0 Å². The molecule has 0 aromatic carbocycles. The summed E-state index contributed by atoms with van der Waals surface area (Å²) in [4.78, 5) is 0. The maximum absolute atomic E-state index is 3.89. The highest BCUT2D eigenvalue weighted by Gasteiger charge is 2.26. The van der Waals surface area contributed by atoms with Crippen molar-refractivity contribution in [3.05, 3.63) is 0 Å². The van der Waals surface area contributed by atoms with Crippen LogP contribution in [0, 0.1) is 5.92 Å². The van der Waals surface area contributed by atoms with Crippen LogP contribution < -0.4 is 5.32 Å². The molecule has 1 nitrogen and oxygen atoms in total. The van der Waals surface area contributed by atoms with E-state index < -0.39 is 0 Å². The van der Waals surface area contributed by atoms with Crippen LogP contribution in [-0.2, 0) is 0 Å². The highest BCUT2D eigenvalue weighted by atomic mass is 32.2. The Balaban J connectivity index is 1.75. The molecule has 1 saturated carbocycles. The number of rotatable bonds is 3. The second-order valence-electron chi connectivity index (χ2n) is 5.78. The van der Waals surface area contributed by atoms with Crippen LogP contribution in [0.3, 0.4) is 0 Å². The van der Waals surface area contributed by atoms with Crippen molar-refractivity contribution in [2.24, 2.45) is 5.92 Å². The minimum Gasteiger partial charge on any atom is -0.310 e.